The van der Waals surface area contributed by atoms with Gasteiger partial charge in [-0.2, -0.15) is 0 Å². The molecule has 0 aliphatic carbocycles. The normalized spacial score (nSPS) is 14.9. The van der Waals surface area contributed by atoms with Gasteiger partial charge in [0.05, 0.1) is 67.7 Å². The second-order valence-electron chi connectivity index (χ2n) is 32.5. The number of hydrogen-bond acceptors (Lipinski definition) is 8. The fourth-order valence-corrected chi connectivity index (χ4v) is 14.8. The second kappa shape index (κ2) is 69.4. The van der Waals surface area contributed by atoms with Gasteiger partial charge in [-0.1, -0.05) is 387 Å². The summed E-state index contributed by atoms with van der Waals surface area (Å²) >= 11 is 0. The highest BCUT2D eigenvalue weighted by molar-refractivity contribution is 7.47. The number of ether oxygens (including phenoxy) is 2. The van der Waals surface area contributed by atoms with Crippen molar-refractivity contribution in [1.82, 2.24) is 0 Å². The Morgan fingerprint density at radius 2 is 0.448 bits per heavy atom. The minimum absolute atomic E-state index is 0.110. The average Bonchev–Trinajstić information content (AvgIpc) is 2.29. The van der Waals surface area contributed by atoms with Crippen molar-refractivity contribution in [3.05, 3.63) is 0 Å². The quantitative estimate of drug-likeness (QED) is 0.0345. The molecule has 0 saturated heterocycles. The lowest BCUT2D eigenvalue weighted by Gasteiger charge is -2.24. The van der Waals surface area contributed by atoms with E-state index in [0.717, 1.165) is 50.4 Å². The predicted octanol–water partition coefficient (Wildman–Crippen LogP) is 26.2. The highest BCUT2D eigenvalue weighted by atomic mass is 31.2. The first-order valence-corrected chi connectivity index (χ1v) is 45.3. The van der Waals surface area contributed by atoms with Crippen molar-refractivity contribution in [2.45, 2.75) is 425 Å². The highest BCUT2D eigenvalue weighted by Gasteiger charge is 2.26. The monoisotopic (exact) mass is 1410 g/mol. The van der Waals surface area contributed by atoms with Gasteiger partial charge in [-0.05, 0) is 37.5 Å². The molecule has 0 spiro atoms. The molecule has 0 amide bonds. The van der Waals surface area contributed by atoms with Gasteiger partial charge in [0.1, 0.15) is 26.3 Å². The Bertz CT molecular complexity index is 1550. The molecule has 0 fully saturated rings. The van der Waals surface area contributed by atoms with Crippen LogP contribution in [0.15, 0.2) is 0 Å². The lowest BCUT2D eigenvalue weighted by Crippen LogP contribution is -2.37. The Labute approximate surface area is 600 Å². The molecule has 0 heterocycles. The van der Waals surface area contributed by atoms with Gasteiger partial charge in [-0.15, -0.1) is 0 Å². The molecule has 578 valence electrons. The topological polar surface area (TPSA) is 130 Å². The van der Waals surface area contributed by atoms with Gasteiger partial charge in [0.25, 0.3) is 0 Å². The summed E-state index contributed by atoms with van der Waals surface area (Å²) in [5.74, 6) is 1.72. The van der Waals surface area contributed by atoms with E-state index < -0.39 is 15.6 Å². The third-order valence-corrected chi connectivity index (χ3v) is 22.1. The Kier molecular flexibility index (Phi) is 69.5. The van der Waals surface area contributed by atoms with Gasteiger partial charge in [0.2, 0.25) is 0 Å². The molecule has 96 heavy (non-hydrogen) atoms. The molecule has 0 aliphatic heterocycles. The lowest BCUT2D eigenvalue weighted by atomic mass is 9.95. The Morgan fingerprint density at radius 1 is 0.260 bits per heavy atom. The van der Waals surface area contributed by atoms with E-state index in [0.29, 0.717) is 35.3 Å². The smallest absolute Gasteiger partial charge is 0.376 e. The molecule has 0 rings (SSSR count). The number of phosphoric ester groups is 2. The summed E-state index contributed by atoms with van der Waals surface area (Å²) < 4.78 is 60.8. The molecule has 0 saturated carbocycles. The van der Waals surface area contributed by atoms with Crippen LogP contribution in [-0.2, 0) is 36.7 Å². The Morgan fingerprint density at radius 3 is 0.656 bits per heavy atom. The van der Waals surface area contributed by atoms with Crippen molar-refractivity contribution < 1.29 is 55.5 Å². The molecular formula is C82H172N2O10P2+2. The van der Waals surface area contributed by atoms with Gasteiger partial charge < -0.3 is 28.2 Å². The Balaban J connectivity index is 4.01. The number of unbranched alkanes of at least 4 members (excludes halogenated alkanes) is 49. The predicted molar refractivity (Wildman–Crippen MR) is 415 cm³/mol. The lowest BCUT2D eigenvalue weighted by molar-refractivity contribution is -0.870. The standard InChI is InChI=1S/C82H170N2O10P2/c1-11-13-15-17-19-21-23-25-27-31-39-47-55-63-73-89-81(77-93-95(85,86)91-75-71-83(5,6)7)69-61-53-45-37-35-43-51-59-67-79(3)65-57-49-41-33-29-30-34-42-50-58-66-80(4)68-60-52-44-36-38-46-54-62-70-82(78-94-96(87,88)92-76-72-84(8,9)10)90-74-64-56-48-40-32-28-26-24-22-20-18-16-14-12-2/h79-82H,11-78H2,1-10H3/p+2/t79?,80?,81-,82-/m0/s1. The van der Waals surface area contributed by atoms with Gasteiger partial charge in [-0.3, -0.25) is 18.1 Å². The molecule has 0 aromatic carbocycles. The van der Waals surface area contributed by atoms with Crippen LogP contribution in [0.25, 0.3) is 0 Å². The molecule has 14 heteroatoms. The largest absolute Gasteiger partial charge is 0.472 e. The maximum absolute atomic E-state index is 12.7. The van der Waals surface area contributed by atoms with Crippen LogP contribution in [0.1, 0.15) is 413 Å². The van der Waals surface area contributed by atoms with Crippen molar-refractivity contribution in [3.63, 3.8) is 0 Å². The summed E-state index contributed by atoms with van der Waals surface area (Å²) in [6, 6.07) is 0. The zero-order valence-corrected chi connectivity index (χ0v) is 68.1. The van der Waals surface area contributed by atoms with E-state index in [4.69, 9.17) is 27.6 Å². The maximum atomic E-state index is 12.7. The number of nitrogens with zero attached hydrogens (tertiary/aromatic N) is 2. The van der Waals surface area contributed by atoms with E-state index in [1.54, 1.807) is 0 Å². The number of hydrogen-bond donors (Lipinski definition) is 2. The van der Waals surface area contributed by atoms with E-state index in [-0.39, 0.29) is 38.6 Å². The number of rotatable bonds is 81. The van der Waals surface area contributed by atoms with Crippen molar-refractivity contribution in [2.75, 3.05) is 95.0 Å². The minimum Gasteiger partial charge on any atom is -0.376 e. The van der Waals surface area contributed by atoms with E-state index in [1.807, 2.05) is 42.3 Å². The number of phosphoric acid groups is 2. The molecule has 0 aromatic rings. The number of quaternary nitrogens is 2. The van der Waals surface area contributed by atoms with Crippen LogP contribution in [0, 0.1) is 11.8 Å². The van der Waals surface area contributed by atoms with Gasteiger partial charge in [0.15, 0.2) is 0 Å². The molecule has 0 radical (unpaired) electrons. The molecule has 2 N–H and O–H groups in total. The summed E-state index contributed by atoms with van der Waals surface area (Å²) in [7, 11) is 4.02. The highest BCUT2D eigenvalue weighted by Crippen LogP contribution is 2.44. The van der Waals surface area contributed by atoms with Crippen LogP contribution < -0.4 is 0 Å². The van der Waals surface area contributed by atoms with Crippen molar-refractivity contribution in [3.8, 4) is 0 Å². The van der Waals surface area contributed by atoms with Crippen LogP contribution in [0.5, 0.6) is 0 Å². The molecular weight excluding hydrogens is 1230 g/mol. The summed E-state index contributed by atoms with van der Waals surface area (Å²) in [4.78, 5) is 20.8. The summed E-state index contributed by atoms with van der Waals surface area (Å²) in [5, 5.41) is 0. The van der Waals surface area contributed by atoms with E-state index in [1.165, 1.54) is 347 Å². The van der Waals surface area contributed by atoms with Gasteiger partial charge in [0, 0.05) is 13.2 Å². The average molecular weight is 1410 g/mol. The first kappa shape index (κ1) is 96.1. The maximum Gasteiger partial charge on any atom is 0.472 e. The van der Waals surface area contributed by atoms with Crippen LogP contribution in [-0.4, -0.2) is 126 Å². The third kappa shape index (κ3) is 76.7. The van der Waals surface area contributed by atoms with Crippen molar-refractivity contribution >= 4 is 15.6 Å². The SMILES string of the molecule is CCCCCCCCCCCCCCCCO[C@@H](CCCCCCCCCCC(C)CCCCCCCCCCCCC(C)CCCCCCCCCC[C@@H](COP(=O)(O)OCC[N+](C)(C)C)OCCCCCCCCCCCCCCCC)COP(=O)(O)OCC[N+](C)(C)C. The zero-order valence-electron chi connectivity index (χ0n) is 66.3. The van der Waals surface area contributed by atoms with Crippen LogP contribution >= 0.6 is 15.6 Å². The molecule has 12 nitrogen and oxygen atoms in total. The van der Waals surface area contributed by atoms with Crippen molar-refractivity contribution in [1.29, 1.82) is 0 Å². The van der Waals surface area contributed by atoms with E-state index >= 15 is 0 Å². The molecule has 6 atom stereocenters. The first-order valence-electron chi connectivity index (χ1n) is 42.3. The summed E-state index contributed by atoms with van der Waals surface area (Å²) in [6.07, 6.45) is 78.8. The second-order valence-corrected chi connectivity index (χ2v) is 35.4. The van der Waals surface area contributed by atoms with E-state index in [2.05, 4.69) is 27.7 Å². The molecule has 0 aromatic heterocycles. The van der Waals surface area contributed by atoms with Crippen LogP contribution in [0.2, 0.25) is 0 Å². The summed E-state index contributed by atoms with van der Waals surface area (Å²) in [6.45, 7) is 12.8. The first-order chi connectivity index (χ1) is 46.3. The Hall–Kier alpha value is 0.0600. The van der Waals surface area contributed by atoms with E-state index in [9.17, 15) is 18.9 Å². The fourth-order valence-electron chi connectivity index (χ4n) is 13.4. The molecule has 0 bridgehead atoms. The molecule has 4 unspecified atom stereocenters. The summed E-state index contributed by atoms with van der Waals surface area (Å²) in [5.41, 5.74) is 0. The third-order valence-electron chi connectivity index (χ3n) is 20.2. The number of likely N-dealkylation sites (N-methyl/N-ethyl adjacent to an activating group) is 2. The van der Waals surface area contributed by atoms with Gasteiger partial charge >= 0.3 is 15.6 Å². The zero-order chi connectivity index (χ0) is 70.6. The molecule has 0 aliphatic rings. The van der Waals surface area contributed by atoms with Crippen molar-refractivity contribution in [2.24, 2.45) is 11.8 Å². The van der Waals surface area contributed by atoms with Gasteiger partial charge in [-0.25, -0.2) is 9.13 Å². The fraction of sp³-hybridized carbons (Fsp3) is 1.00. The van der Waals surface area contributed by atoms with Crippen LogP contribution in [0.3, 0.4) is 0 Å². The van der Waals surface area contributed by atoms with Crippen LogP contribution in [0.4, 0.5) is 0 Å². The minimum atomic E-state index is -4.11.